The van der Waals surface area contributed by atoms with Gasteiger partial charge in [0.25, 0.3) is 0 Å². The van der Waals surface area contributed by atoms with Crippen molar-refractivity contribution < 1.29 is 19.1 Å². The SMILES string of the molecule is CCOC(=O)C1CCC(C)(C(=O)Oc2ccccc2)C1(C)C. The van der Waals surface area contributed by atoms with Gasteiger partial charge in [-0.1, -0.05) is 32.0 Å². The van der Waals surface area contributed by atoms with E-state index in [2.05, 4.69) is 0 Å². The third kappa shape index (κ3) is 2.74. The monoisotopic (exact) mass is 304 g/mol. The highest BCUT2D eigenvalue weighted by molar-refractivity contribution is 5.83. The molecule has 22 heavy (non-hydrogen) atoms. The summed E-state index contributed by atoms with van der Waals surface area (Å²) in [6.07, 6.45) is 1.27. The Bertz CT molecular complexity index is 549. The molecule has 0 radical (unpaired) electrons. The van der Waals surface area contributed by atoms with Crippen LogP contribution in [0.5, 0.6) is 5.75 Å². The van der Waals surface area contributed by atoms with Crippen LogP contribution in [0, 0.1) is 16.7 Å². The quantitative estimate of drug-likeness (QED) is 0.630. The van der Waals surface area contributed by atoms with E-state index in [1.165, 1.54) is 0 Å². The predicted octanol–water partition coefficient (Wildman–Crippen LogP) is 3.60. The summed E-state index contributed by atoms with van der Waals surface area (Å²) in [5.41, 5.74) is -1.22. The molecule has 4 heteroatoms. The molecule has 4 nitrogen and oxygen atoms in total. The smallest absolute Gasteiger partial charge is 0.317 e. The zero-order valence-electron chi connectivity index (χ0n) is 13.7. The summed E-state index contributed by atoms with van der Waals surface area (Å²) in [4.78, 5) is 24.9. The maximum atomic E-state index is 12.7. The minimum atomic E-state index is -0.708. The Kier molecular flexibility index (Phi) is 4.59. The van der Waals surface area contributed by atoms with Crippen LogP contribution in [-0.4, -0.2) is 18.5 Å². The van der Waals surface area contributed by atoms with Crippen LogP contribution < -0.4 is 4.74 Å². The maximum Gasteiger partial charge on any atom is 0.317 e. The highest BCUT2D eigenvalue weighted by atomic mass is 16.5. The van der Waals surface area contributed by atoms with Crippen LogP contribution in [0.15, 0.2) is 30.3 Å². The second-order valence-corrected chi connectivity index (χ2v) is 6.60. The molecule has 1 aromatic carbocycles. The van der Waals surface area contributed by atoms with Crippen LogP contribution in [0.4, 0.5) is 0 Å². The first kappa shape index (κ1) is 16.5. The molecule has 1 saturated carbocycles. The zero-order chi connectivity index (χ0) is 16.4. The Hall–Kier alpha value is -1.84. The number of carbonyl (C=O) groups is 2. The molecule has 2 atom stereocenters. The molecule has 0 amide bonds. The van der Waals surface area contributed by atoms with Crippen LogP contribution in [0.3, 0.4) is 0 Å². The fourth-order valence-corrected chi connectivity index (χ4v) is 3.23. The van der Waals surface area contributed by atoms with E-state index >= 15 is 0 Å². The van der Waals surface area contributed by atoms with Crippen LogP contribution >= 0.6 is 0 Å². The molecule has 120 valence electrons. The average Bonchev–Trinajstić information content (AvgIpc) is 2.72. The van der Waals surface area contributed by atoms with Gasteiger partial charge in [0.05, 0.1) is 17.9 Å². The fraction of sp³-hybridized carbons (Fsp3) is 0.556. The Balaban J connectivity index is 2.19. The topological polar surface area (TPSA) is 52.6 Å². The minimum Gasteiger partial charge on any atom is -0.466 e. The molecule has 0 saturated heterocycles. The van der Waals surface area contributed by atoms with Crippen molar-refractivity contribution in [1.82, 2.24) is 0 Å². The second kappa shape index (κ2) is 6.11. The molecule has 0 bridgehead atoms. The van der Waals surface area contributed by atoms with Gasteiger partial charge in [0.1, 0.15) is 5.75 Å². The molecule has 2 rings (SSSR count). The summed E-state index contributed by atoms with van der Waals surface area (Å²) in [6, 6.07) is 9.03. The molecule has 1 aromatic rings. The van der Waals surface area contributed by atoms with E-state index < -0.39 is 10.8 Å². The van der Waals surface area contributed by atoms with Crippen LogP contribution in [0.1, 0.15) is 40.5 Å². The third-order valence-electron chi connectivity index (χ3n) is 5.20. The Morgan fingerprint density at radius 3 is 2.41 bits per heavy atom. The first-order valence-electron chi connectivity index (χ1n) is 7.77. The van der Waals surface area contributed by atoms with E-state index in [-0.39, 0.29) is 17.9 Å². The standard InChI is InChI=1S/C18H24O4/c1-5-21-15(19)14-11-12-18(4,17(14,2)3)16(20)22-13-9-7-6-8-10-13/h6-10,14H,5,11-12H2,1-4H3. The fourth-order valence-electron chi connectivity index (χ4n) is 3.23. The van der Waals surface area contributed by atoms with Crippen molar-refractivity contribution in [3.8, 4) is 5.75 Å². The molecular weight excluding hydrogens is 280 g/mol. The van der Waals surface area contributed by atoms with E-state index in [1.54, 1.807) is 19.1 Å². The molecule has 0 heterocycles. The highest BCUT2D eigenvalue weighted by Gasteiger charge is 2.59. The Labute approximate surface area is 131 Å². The Morgan fingerprint density at radius 1 is 1.18 bits per heavy atom. The number of para-hydroxylation sites is 1. The van der Waals surface area contributed by atoms with Crippen LogP contribution in [0.2, 0.25) is 0 Å². The lowest BCUT2D eigenvalue weighted by atomic mass is 9.65. The summed E-state index contributed by atoms with van der Waals surface area (Å²) >= 11 is 0. The van der Waals surface area contributed by atoms with Crippen molar-refractivity contribution in [3.63, 3.8) is 0 Å². The van der Waals surface area contributed by atoms with E-state index in [4.69, 9.17) is 9.47 Å². The van der Waals surface area contributed by atoms with Crippen molar-refractivity contribution in [2.24, 2.45) is 16.7 Å². The van der Waals surface area contributed by atoms with Gasteiger partial charge in [-0.2, -0.15) is 0 Å². The molecular formula is C18H24O4. The molecule has 1 aliphatic rings. The number of benzene rings is 1. The van der Waals surface area contributed by atoms with Crippen LogP contribution in [-0.2, 0) is 14.3 Å². The molecule has 1 aliphatic carbocycles. The van der Waals surface area contributed by atoms with Crippen molar-refractivity contribution in [2.75, 3.05) is 6.61 Å². The van der Waals surface area contributed by atoms with Crippen LogP contribution in [0.25, 0.3) is 0 Å². The van der Waals surface area contributed by atoms with Gasteiger partial charge in [-0.3, -0.25) is 9.59 Å². The van der Waals surface area contributed by atoms with Gasteiger partial charge >= 0.3 is 11.9 Å². The van der Waals surface area contributed by atoms with E-state index in [1.807, 2.05) is 39.0 Å². The molecule has 2 unspecified atom stereocenters. The second-order valence-electron chi connectivity index (χ2n) is 6.60. The molecule has 0 spiro atoms. The van der Waals surface area contributed by atoms with Gasteiger partial charge in [-0.25, -0.2) is 0 Å². The van der Waals surface area contributed by atoms with Gasteiger partial charge in [-0.15, -0.1) is 0 Å². The number of esters is 2. The van der Waals surface area contributed by atoms with Gasteiger partial charge in [0.15, 0.2) is 0 Å². The van der Waals surface area contributed by atoms with E-state index in [0.717, 1.165) is 0 Å². The number of hydrogen-bond acceptors (Lipinski definition) is 4. The van der Waals surface area contributed by atoms with Gasteiger partial charge in [0.2, 0.25) is 0 Å². The highest BCUT2D eigenvalue weighted by Crippen LogP contribution is 2.56. The van der Waals surface area contributed by atoms with Crippen molar-refractivity contribution in [1.29, 1.82) is 0 Å². The Morgan fingerprint density at radius 2 is 1.82 bits per heavy atom. The summed E-state index contributed by atoms with van der Waals surface area (Å²) in [7, 11) is 0. The van der Waals surface area contributed by atoms with E-state index in [0.29, 0.717) is 25.2 Å². The molecule has 0 N–H and O–H groups in total. The van der Waals surface area contributed by atoms with Crippen molar-refractivity contribution >= 4 is 11.9 Å². The van der Waals surface area contributed by atoms with Gasteiger partial charge in [-0.05, 0) is 44.2 Å². The normalized spacial score (nSPS) is 26.5. The van der Waals surface area contributed by atoms with Gasteiger partial charge < -0.3 is 9.47 Å². The average molecular weight is 304 g/mol. The zero-order valence-corrected chi connectivity index (χ0v) is 13.7. The lowest BCUT2D eigenvalue weighted by Gasteiger charge is -2.38. The molecule has 0 aromatic heterocycles. The van der Waals surface area contributed by atoms with Crippen molar-refractivity contribution in [2.45, 2.75) is 40.5 Å². The molecule has 1 fully saturated rings. The van der Waals surface area contributed by atoms with Crippen molar-refractivity contribution in [3.05, 3.63) is 30.3 Å². The minimum absolute atomic E-state index is 0.219. The first-order valence-corrected chi connectivity index (χ1v) is 7.77. The maximum absolute atomic E-state index is 12.7. The number of hydrogen-bond donors (Lipinski definition) is 0. The lowest BCUT2D eigenvalue weighted by Crippen LogP contribution is -2.45. The number of ether oxygens (including phenoxy) is 2. The third-order valence-corrected chi connectivity index (χ3v) is 5.20. The summed E-state index contributed by atoms with van der Waals surface area (Å²) in [6.45, 7) is 7.94. The summed E-state index contributed by atoms with van der Waals surface area (Å²) in [5, 5.41) is 0. The first-order chi connectivity index (χ1) is 10.3. The molecule has 0 aliphatic heterocycles. The summed E-state index contributed by atoms with van der Waals surface area (Å²) in [5.74, 6) is -0.246. The largest absolute Gasteiger partial charge is 0.466 e. The predicted molar refractivity (Wildman–Crippen MR) is 83.3 cm³/mol. The number of rotatable bonds is 4. The number of carbonyl (C=O) groups excluding carboxylic acids is 2. The van der Waals surface area contributed by atoms with E-state index in [9.17, 15) is 9.59 Å². The lowest BCUT2D eigenvalue weighted by molar-refractivity contribution is -0.158. The summed E-state index contributed by atoms with van der Waals surface area (Å²) < 4.78 is 10.7. The van der Waals surface area contributed by atoms with Gasteiger partial charge in [0, 0.05) is 0 Å².